The lowest BCUT2D eigenvalue weighted by atomic mass is 9.79. The Labute approximate surface area is 331 Å². The minimum Gasteiger partial charge on any atom is -0.436 e. The summed E-state index contributed by atoms with van der Waals surface area (Å²) in [7, 11) is 15.8. The SMILES string of the molecule is CN(C)c1ccc(C(OC(=O)C(=O)OC(c2ccccc2)(c2ccc(N(C)C)cc2)c2ccc(N(C)C)cc2)(c2ccccc2)c2ccc(N(C)C)cc2)cc1. The van der Waals surface area contributed by atoms with Crippen molar-refractivity contribution in [2.24, 2.45) is 0 Å². The average Bonchev–Trinajstić information content (AvgIpc) is 3.22. The van der Waals surface area contributed by atoms with Gasteiger partial charge in [-0.2, -0.15) is 0 Å². The van der Waals surface area contributed by atoms with Gasteiger partial charge in [-0.25, -0.2) is 9.59 Å². The lowest BCUT2D eigenvalue weighted by Gasteiger charge is -2.37. The van der Waals surface area contributed by atoms with Crippen molar-refractivity contribution in [2.75, 3.05) is 76.0 Å². The molecule has 0 amide bonds. The van der Waals surface area contributed by atoms with Crippen LogP contribution in [0.25, 0.3) is 0 Å². The van der Waals surface area contributed by atoms with Gasteiger partial charge in [0.15, 0.2) is 11.2 Å². The molecule has 0 radical (unpaired) electrons. The second kappa shape index (κ2) is 16.4. The van der Waals surface area contributed by atoms with E-state index in [0.29, 0.717) is 33.4 Å². The second-order valence-corrected chi connectivity index (χ2v) is 14.6. The summed E-state index contributed by atoms with van der Waals surface area (Å²) in [6, 6.07) is 50.3. The summed E-state index contributed by atoms with van der Waals surface area (Å²) in [4.78, 5) is 37.5. The maximum absolute atomic E-state index is 14.8. The minimum atomic E-state index is -1.52. The van der Waals surface area contributed by atoms with Gasteiger partial charge in [-0.1, -0.05) is 109 Å². The van der Waals surface area contributed by atoms with E-state index in [2.05, 4.69) is 0 Å². The molecule has 6 rings (SSSR count). The van der Waals surface area contributed by atoms with Crippen molar-refractivity contribution in [1.82, 2.24) is 0 Å². The van der Waals surface area contributed by atoms with E-state index in [4.69, 9.17) is 9.47 Å². The van der Waals surface area contributed by atoms with Crippen LogP contribution in [0.4, 0.5) is 22.7 Å². The number of benzene rings is 6. The topological polar surface area (TPSA) is 65.6 Å². The van der Waals surface area contributed by atoms with Crippen LogP contribution in [0.5, 0.6) is 0 Å². The summed E-state index contributed by atoms with van der Waals surface area (Å²) in [5.74, 6) is -2.28. The Morgan fingerprint density at radius 1 is 0.321 bits per heavy atom. The molecule has 8 heteroatoms. The zero-order valence-corrected chi connectivity index (χ0v) is 33.4. The van der Waals surface area contributed by atoms with Crippen LogP contribution >= 0.6 is 0 Å². The lowest BCUT2D eigenvalue weighted by molar-refractivity contribution is -0.179. The Kier molecular flexibility index (Phi) is 11.5. The number of rotatable bonds is 12. The molecule has 0 aliphatic carbocycles. The molecule has 6 aromatic carbocycles. The fourth-order valence-corrected chi connectivity index (χ4v) is 7.04. The smallest absolute Gasteiger partial charge is 0.419 e. The molecular formula is C48H50N4O4. The van der Waals surface area contributed by atoms with Crippen LogP contribution in [0, 0.1) is 0 Å². The van der Waals surface area contributed by atoms with E-state index in [1.807, 2.05) is 234 Å². The van der Waals surface area contributed by atoms with Crippen molar-refractivity contribution in [3.8, 4) is 0 Å². The molecule has 0 aromatic heterocycles. The molecule has 0 saturated heterocycles. The van der Waals surface area contributed by atoms with Crippen LogP contribution in [-0.2, 0) is 30.3 Å². The summed E-state index contributed by atoms with van der Waals surface area (Å²) in [6.07, 6.45) is 0. The highest BCUT2D eigenvalue weighted by Crippen LogP contribution is 2.44. The Morgan fingerprint density at radius 3 is 0.714 bits per heavy atom. The fraction of sp³-hybridized carbons (Fsp3) is 0.208. The van der Waals surface area contributed by atoms with E-state index >= 15 is 0 Å². The first kappa shape index (κ1) is 39.2. The van der Waals surface area contributed by atoms with E-state index < -0.39 is 23.1 Å². The van der Waals surface area contributed by atoms with E-state index in [1.165, 1.54) is 0 Å². The zero-order chi connectivity index (χ0) is 40.0. The highest BCUT2D eigenvalue weighted by Gasteiger charge is 2.46. The third kappa shape index (κ3) is 7.68. The number of ether oxygens (including phenoxy) is 2. The normalized spacial score (nSPS) is 11.4. The average molecular weight is 747 g/mol. The number of anilines is 4. The number of hydrogen-bond donors (Lipinski definition) is 0. The molecule has 0 N–H and O–H groups in total. The van der Waals surface area contributed by atoms with Crippen molar-refractivity contribution in [3.63, 3.8) is 0 Å². The van der Waals surface area contributed by atoms with Crippen molar-refractivity contribution in [1.29, 1.82) is 0 Å². The molecule has 0 aliphatic rings. The van der Waals surface area contributed by atoms with Gasteiger partial charge in [-0.15, -0.1) is 0 Å². The number of hydrogen-bond acceptors (Lipinski definition) is 8. The number of nitrogens with zero attached hydrogens (tertiary/aromatic N) is 4. The molecule has 0 aliphatic heterocycles. The first-order valence-corrected chi connectivity index (χ1v) is 18.6. The summed E-state index contributed by atoms with van der Waals surface area (Å²) >= 11 is 0. The third-order valence-electron chi connectivity index (χ3n) is 10.2. The van der Waals surface area contributed by atoms with Crippen LogP contribution in [0.1, 0.15) is 33.4 Å². The van der Waals surface area contributed by atoms with E-state index in [-0.39, 0.29) is 0 Å². The second-order valence-electron chi connectivity index (χ2n) is 14.6. The third-order valence-corrected chi connectivity index (χ3v) is 10.2. The maximum atomic E-state index is 14.8. The summed E-state index contributed by atoms with van der Waals surface area (Å²) in [5.41, 5.74) is 4.84. The van der Waals surface area contributed by atoms with Gasteiger partial charge in [-0.05, 0) is 48.5 Å². The Bertz CT molecular complexity index is 1950. The maximum Gasteiger partial charge on any atom is 0.419 e. The molecule has 0 heterocycles. The lowest BCUT2D eigenvalue weighted by Crippen LogP contribution is -2.42. The van der Waals surface area contributed by atoms with E-state index in [0.717, 1.165) is 22.7 Å². The quantitative estimate of drug-likeness (QED) is 0.0705. The van der Waals surface area contributed by atoms with Crippen molar-refractivity contribution in [2.45, 2.75) is 11.2 Å². The van der Waals surface area contributed by atoms with Gasteiger partial charge in [0, 0.05) is 113 Å². The highest BCUT2D eigenvalue weighted by molar-refractivity contribution is 6.30. The zero-order valence-electron chi connectivity index (χ0n) is 33.4. The van der Waals surface area contributed by atoms with E-state index in [1.54, 1.807) is 0 Å². The minimum absolute atomic E-state index is 0.668. The van der Waals surface area contributed by atoms with Gasteiger partial charge < -0.3 is 29.1 Å². The predicted octanol–water partition coefficient (Wildman–Crippen LogP) is 8.32. The highest BCUT2D eigenvalue weighted by atomic mass is 16.6. The van der Waals surface area contributed by atoms with Gasteiger partial charge in [0.25, 0.3) is 0 Å². The summed E-state index contributed by atoms with van der Waals surface area (Å²) in [6.45, 7) is 0. The molecule has 6 aromatic rings. The molecule has 0 fully saturated rings. The van der Waals surface area contributed by atoms with Crippen LogP contribution in [0.15, 0.2) is 158 Å². The van der Waals surface area contributed by atoms with Crippen LogP contribution < -0.4 is 19.6 Å². The first-order valence-electron chi connectivity index (χ1n) is 18.6. The van der Waals surface area contributed by atoms with Gasteiger partial charge in [-0.3, -0.25) is 0 Å². The number of esters is 2. The molecule has 8 nitrogen and oxygen atoms in total. The molecule has 286 valence electrons. The first-order chi connectivity index (χ1) is 26.9. The monoisotopic (exact) mass is 746 g/mol. The van der Waals surface area contributed by atoms with Gasteiger partial charge in [0.2, 0.25) is 0 Å². The molecule has 0 unspecified atom stereocenters. The van der Waals surface area contributed by atoms with Gasteiger partial charge in [0.05, 0.1) is 0 Å². The van der Waals surface area contributed by atoms with Crippen LogP contribution in [-0.4, -0.2) is 68.3 Å². The largest absolute Gasteiger partial charge is 0.436 e. The van der Waals surface area contributed by atoms with Crippen molar-refractivity contribution >= 4 is 34.7 Å². The van der Waals surface area contributed by atoms with Gasteiger partial charge in [0.1, 0.15) is 0 Å². The van der Waals surface area contributed by atoms with Crippen molar-refractivity contribution < 1.29 is 19.1 Å². The van der Waals surface area contributed by atoms with Crippen LogP contribution in [0.3, 0.4) is 0 Å². The van der Waals surface area contributed by atoms with Gasteiger partial charge >= 0.3 is 11.9 Å². The number of carbonyl (C=O) groups is 2. The molecule has 0 atom stereocenters. The molecule has 0 bridgehead atoms. The molecule has 0 saturated carbocycles. The summed E-state index contributed by atoms with van der Waals surface area (Å²) < 4.78 is 13.3. The van der Waals surface area contributed by atoms with E-state index in [9.17, 15) is 9.59 Å². The summed E-state index contributed by atoms with van der Waals surface area (Å²) in [5, 5.41) is 0. The van der Waals surface area contributed by atoms with Crippen molar-refractivity contribution in [3.05, 3.63) is 191 Å². The van der Waals surface area contributed by atoms with Crippen LogP contribution in [0.2, 0.25) is 0 Å². The fourth-order valence-electron chi connectivity index (χ4n) is 7.04. The molecule has 56 heavy (non-hydrogen) atoms. The molecular weight excluding hydrogens is 697 g/mol. The number of carbonyl (C=O) groups excluding carboxylic acids is 2. The standard InChI is InChI=1S/C48H50N4O4/c1-49(2)41-27-19-37(20-28-41)47(35-15-11-9-12-16-35,38-21-29-42(30-22-38)50(3)4)55-45(53)46(54)56-48(36-17-13-10-14-18-36,39-23-31-43(32-24-39)51(5)6)40-25-33-44(34-26-40)52(7)8/h9-34H,1-8H3. The Morgan fingerprint density at radius 2 is 0.518 bits per heavy atom. The predicted molar refractivity (Wildman–Crippen MR) is 228 cm³/mol. The Balaban J connectivity index is 1.53. The molecule has 0 spiro atoms. The Hall–Kier alpha value is -6.54.